The van der Waals surface area contributed by atoms with Crippen molar-refractivity contribution in [3.63, 3.8) is 0 Å². The Bertz CT molecular complexity index is 1250. The first-order chi connectivity index (χ1) is 16.6. The van der Waals surface area contributed by atoms with Crippen molar-refractivity contribution in [1.29, 1.82) is 5.26 Å². The minimum atomic E-state index is -4.75. The Morgan fingerprint density at radius 3 is 2.60 bits per heavy atom. The summed E-state index contributed by atoms with van der Waals surface area (Å²) in [5.74, 6) is -1.55. The summed E-state index contributed by atoms with van der Waals surface area (Å²) in [5, 5.41) is 23.1. The van der Waals surface area contributed by atoms with Crippen molar-refractivity contribution < 1.29 is 27.8 Å². The van der Waals surface area contributed by atoms with Crippen LogP contribution in [0, 0.1) is 11.3 Å². The van der Waals surface area contributed by atoms with Gasteiger partial charge in [-0.1, -0.05) is 6.07 Å². The van der Waals surface area contributed by atoms with Gasteiger partial charge >= 0.3 is 6.18 Å². The number of alkyl halides is 3. The van der Waals surface area contributed by atoms with Gasteiger partial charge in [-0.15, -0.1) is 0 Å². The molecule has 0 aliphatic carbocycles. The molecule has 0 bridgehead atoms. The second-order valence-corrected chi connectivity index (χ2v) is 9.24. The highest BCUT2D eigenvalue weighted by atomic mass is 32.2. The number of ether oxygens (including phenoxy) is 1. The van der Waals surface area contributed by atoms with E-state index >= 15 is 0 Å². The van der Waals surface area contributed by atoms with Gasteiger partial charge < -0.3 is 20.1 Å². The zero-order chi connectivity index (χ0) is 25.2. The number of amides is 1. The molecular formula is C24H21F3N4O3S. The van der Waals surface area contributed by atoms with E-state index in [2.05, 4.69) is 22.3 Å². The second-order valence-electron chi connectivity index (χ2n) is 8.20. The van der Waals surface area contributed by atoms with Crippen molar-refractivity contribution in [2.24, 2.45) is 4.99 Å². The van der Waals surface area contributed by atoms with Crippen molar-refractivity contribution in [3.8, 4) is 23.3 Å². The summed E-state index contributed by atoms with van der Waals surface area (Å²) in [7, 11) is 2.06. The molecular weight excluding hydrogens is 481 g/mol. The molecule has 0 atom stereocenters. The molecule has 11 heteroatoms. The van der Waals surface area contributed by atoms with Crippen molar-refractivity contribution >= 4 is 28.9 Å². The molecule has 0 unspecified atom stereocenters. The second kappa shape index (κ2) is 10.0. The number of carbonyl (C=O) groups excluding carboxylic acids is 1. The van der Waals surface area contributed by atoms with Gasteiger partial charge in [0, 0.05) is 6.04 Å². The first-order valence-corrected chi connectivity index (χ1v) is 11.5. The van der Waals surface area contributed by atoms with Gasteiger partial charge in [-0.2, -0.15) is 23.4 Å². The highest BCUT2D eigenvalue weighted by Gasteiger charge is 2.35. The summed E-state index contributed by atoms with van der Waals surface area (Å²) < 4.78 is 45.5. The number of thioether (sulfide) groups is 1. The fraction of sp³-hybridized carbons (Fsp3) is 0.292. The smallest absolute Gasteiger partial charge is 0.420 e. The molecule has 35 heavy (non-hydrogen) atoms. The minimum absolute atomic E-state index is 0.165. The predicted octanol–water partition coefficient (Wildman–Crippen LogP) is 4.73. The number of carbonyl (C=O) groups is 1. The van der Waals surface area contributed by atoms with E-state index in [4.69, 9.17) is 10.00 Å². The number of aromatic hydroxyl groups is 1. The summed E-state index contributed by atoms with van der Waals surface area (Å²) in [6.45, 7) is 1.93. The van der Waals surface area contributed by atoms with Gasteiger partial charge in [0.05, 0.1) is 22.1 Å². The maximum Gasteiger partial charge on any atom is 0.420 e. The van der Waals surface area contributed by atoms with E-state index in [0.29, 0.717) is 21.7 Å². The van der Waals surface area contributed by atoms with Crippen molar-refractivity contribution in [3.05, 3.63) is 58.0 Å². The van der Waals surface area contributed by atoms with Crippen LogP contribution in [0.1, 0.15) is 29.5 Å². The zero-order valence-corrected chi connectivity index (χ0v) is 19.4. The number of nitrogens with one attached hydrogen (secondary N) is 1. The molecule has 2 aliphatic heterocycles. The summed E-state index contributed by atoms with van der Waals surface area (Å²) in [4.78, 5) is 19.0. The number of aliphatic imine (C=N–C) groups is 1. The lowest BCUT2D eigenvalue weighted by atomic mass is 10.1. The van der Waals surface area contributed by atoms with Crippen molar-refractivity contribution in [1.82, 2.24) is 10.2 Å². The SMILES string of the molecule is CN1CCC(NC2=NC(=O)/C(=C/c3ccc(Oc4ccc(C#N)cc4C(F)(F)F)c(O)c3)S2)CC1. The molecule has 0 spiro atoms. The Labute approximate surface area is 203 Å². The number of rotatable bonds is 4. The van der Waals surface area contributed by atoms with E-state index in [-0.39, 0.29) is 17.4 Å². The molecule has 4 rings (SSSR count). The van der Waals surface area contributed by atoms with Gasteiger partial charge in [-0.25, -0.2) is 0 Å². The molecule has 1 saturated heterocycles. The number of likely N-dealkylation sites (tertiary alicyclic amines) is 1. The standard InChI is InChI=1S/C24H21F3N4O3S/c1-31-8-6-16(7-9-31)29-23-30-22(33)21(35-23)12-14-2-5-20(18(32)11-14)34-19-4-3-15(13-28)10-17(19)24(25,26)27/h2-5,10-12,16,32H,6-9H2,1H3,(H,29,30,33)/b21-12-. The van der Waals surface area contributed by atoms with E-state index in [1.807, 2.05) is 0 Å². The Kier molecular flexibility index (Phi) is 7.05. The molecule has 182 valence electrons. The van der Waals surface area contributed by atoms with Crippen molar-refractivity contribution in [2.45, 2.75) is 25.1 Å². The number of halogens is 3. The number of piperidine rings is 1. The number of hydrogen-bond donors (Lipinski definition) is 2. The predicted molar refractivity (Wildman–Crippen MR) is 126 cm³/mol. The third-order valence-electron chi connectivity index (χ3n) is 5.58. The Hall–Kier alpha value is -3.49. The van der Waals surface area contributed by atoms with E-state index in [0.717, 1.165) is 32.0 Å². The summed E-state index contributed by atoms with van der Waals surface area (Å²) in [6.07, 6.45) is -1.30. The molecule has 7 nitrogen and oxygen atoms in total. The number of benzene rings is 2. The lowest BCUT2D eigenvalue weighted by molar-refractivity contribution is -0.138. The number of hydrogen-bond acceptors (Lipinski definition) is 7. The van der Waals surface area contributed by atoms with Crippen LogP contribution < -0.4 is 10.1 Å². The van der Waals surface area contributed by atoms with Crippen LogP contribution in [0.4, 0.5) is 13.2 Å². The molecule has 2 aromatic rings. The molecule has 0 saturated carbocycles. The Morgan fingerprint density at radius 2 is 1.94 bits per heavy atom. The average molecular weight is 503 g/mol. The molecule has 2 aromatic carbocycles. The third-order valence-corrected chi connectivity index (χ3v) is 6.50. The van der Waals surface area contributed by atoms with E-state index in [1.165, 1.54) is 36.0 Å². The number of phenols is 1. The Morgan fingerprint density at radius 1 is 1.23 bits per heavy atom. The first kappa shape index (κ1) is 24.6. The number of phenolic OH excluding ortho intramolecular Hbond substituents is 1. The van der Waals surface area contributed by atoms with Crippen LogP contribution in [0.25, 0.3) is 6.08 Å². The summed E-state index contributed by atoms with van der Waals surface area (Å²) in [5.41, 5.74) is -0.837. The lowest BCUT2D eigenvalue weighted by Crippen LogP contribution is -2.42. The van der Waals surface area contributed by atoms with Crippen LogP contribution in [0.15, 0.2) is 46.3 Å². The summed E-state index contributed by atoms with van der Waals surface area (Å²) >= 11 is 1.20. The minimum Gasteiger partial charge on any atom is -0.504 e. The Balaban J connectivity index is 1.47. The quantitative estimate of drug-likeness (QED) is 0.584. The molecule has 1 amide bonds. The van der Waals surface area contributed by atoms with Crippen LogP contribution in [-0.4, -0.2) is 47.3 Å². The van der Waals surface area contributed by atoms with E-state index in [1.54, 1.807) is 12.1 Å². The fourth-order valence-corrected chi connectivity index (χ4v) is 4.58. The maximum atomic E-state index is 13.4. The maximum absolute atomic E-state index is 13.4. The molecule has 0 aromatic heterocycles. The lowest BCUT2D eigenvalue weighted by Gasteiger charge is -2.29. The highest BCUT2D eigenvalue weighted by molar-refractivity contribution is 8.18. The number of nitrogens with zero attached hydrogens (tertiary/aromatic N) is 3. The summed E-state index contributed by atoms with van der Waals surface area (Å²) in [6, 6.07) is 8.92. The van der Waals surface area contributed by atoms with Crippen LogP contribution in [0.5, 0.6) is 17.2 Å². The average Bonchev–Trinajstić information content (AvgIpc) is 3.15. The fourth-order valence-electron chi connectivity index (χ4n) is 3.69. The molecule has 0 radical (unpaired) electrons. The zero-order valence-electron chi connectivity index (χ0n) is 18.6. The number of nitriles is 1. The van der Waals surface area contributed by atoms with Crippen molar-refractivity contribution in [2.75, 3.05) is 20.1 Å². The molecule has 1 fully saturated rings. The van der Waals surface area contributed by atoms with Gasteiger partial charge in [-0.3, -0.25) is 4.79 Å². The van der Waals surface area contributed by atoms with Crippen LogP contribution >= 0.6 is 11.8 Å². The topological polar surface area (TPSA) is 98.0 Å². The van der Waals surface area contributed by atoms with Crippen LogP contribution in [0.2, 0.25) is 0 Å². The normalized spacial score (nSPS) is 18.4. The van der Waals surface area contributed by atoms with E-state index < -0.39 is 29.1 Å². The van der Waals surface area contributed by atoms with Gasteiger partial charge in [0.1, 0.15) is 5.75 Å². The van der Waals surface area contributed by atoms with Gasteiger partial charge in [0.25, 0.3) is 5.91 Å². The molecule has 2 aliphatic rings. The van der Waals surface area contributed by atoms with Crippen LogP contribution in [0.3, 0.4) is 0 Å². The third kappa shape index (κ3) is 5.96. The molecule has 2 N–H and O–H groups in total. The first-order valence-electron chi connectivity index (χ1n) is 10.7. The monoisotopic (exact) mass is 502 g/mol. The molecule has 2 heterocycles. The van der Waals surface area contributed by atoms with Gasteiger partial charge in [0.15, 0.2) is 16.7 Å². The highest BCUT2D eigenvalue weighted by Crippen LogP contribution is 2.41. The van der Waals surface area contributed by atoms with E-state index in [9.17, 15) is 23.1 Å². The van der Waals surface area contributed by atoms with Gasteiger partial charge in [0.2, 0.25) is 0 Å². The van der Waals surface area contributed by atoms with Crippen LogP contribution in [-0.2, 0) is 11.0 Å². The number of amidine groups is 1. The van der Waals surface area contributed by atoms with Gasteiger partial charge in [-0.05, 0) is 86.7 Å². The largest absolute Gasteiger partial charge is 0.504 e.